The Morgan fingerprint density at radius 2 is 2.17 bits per heavy atom. The van der Waals surface area contributed by atoms with Crippen LogP contribution in [-0.2, 0) is 0 Å². The minimum atomic E-state index is -1.02. The fourth-order valence-electron chi connectivity index (χ4n) is 0.853. The van der Waals surface area contributed by atoms with E-state index >= 15 is 0 Å². The summed E-state index contributed by atoms with van der Waals surface area (Å²) in [6, 6.07) is 3.43. The molecule has 1 N–H and O–H groups in total. The van der Waals surface area contributed by atoms with E-state index in [1.54, 1.807) is 19.1 Å². The maximum absolute atomic E-state index is 10.7. The van der Waals surface area contributed by atoms with Crippen LogP contribution < -0.4 is 0 Å². The number of aryl methyl sites for hydroxylation is 1. The topological polar surface area (TPSA) is 37.3 Å². The molecule has 1 aromatic rings. The molecule has 64 valence electrons. The van der Waals surface area contributed by atoms with Crippen molar-refractivity contribution in [1.29, 1.82) is 0 Å². The molecular formula is C8H6BrClO2. The molecule has 0 amide bonds. The van der Waals surface area contributed by atoms with Gasteiger partial charge in [0, 0.05) is 4.47 Å². The smallest absolute Gasteiger partial charge is 0.338 e. The van der Waals surface area contributed by atoms with Crippen molar-refractivity contribution in [1.82, 2.24) is 0 Å². The molecule has 0 bridgehead atoms. The normalized spacial score (nSPS) is 9.92. The molecule has 0 aromatic heterocycles. The molecule has 0 saturated carbocycles. The van der Waals surface area contributed by atoms with E-state index < -0.39 is 5.97 Å². The van der Waals surface area contributed by atoms with Gasteiger partial charge < -0.3 is 5.11 Å². The maximum Gasteiger partial charge on any atom is 0.338 e. The first-order valence-corrected chi connectivity index (χ1v) is 4.39. The first-order chi connectivity index (χ1) is 5.54. The number of carbonyl (C=O) groups is 1. The number of carboxylic acid groups (broad SMARTS) is 1. The number of hydrogen-bond donors (Lipinski definition) is 1. The number of benzene rings is 1. The Kier molecular flexibility index (Phi) is 2.75. The van der Waals surface area contributed by atoms with E-state index in [0.29, 0.717) is 4.47 Å². The molecule has 0 atom stereocenters. The molecule has 0 saturated heterocycles. The summed E-state index contributed by atoms with van der Waals surface area (Å²) in [5.41, 5.74) is 0.883. The lowest BCUT2D eigenvalue weighted by atomic mass is 10.1. The molecule has 0 unspecified atom stereocenters. The molecule has 12 heavy (non-hydrogen) atoms. The highest BCUT2D eigenvalue weighted by Crippen LogP contribution is 2.27. The molecule has 1 aromatic carbocycles. The molecular weight excluding hydrogens is 243 g/mol. The molecule has 0 aliphatic carbocycles. The van der Waals surface area contributed by atoms with Gasteiger partial charge in [0.15, 0.2) is 0 Å². The van der Waals surface area contributed by atoms with Gasteiger partial charge in [-0.2, -0.15) is 0 Å². The minimum Gasteiger partial charge on any atom is -0.478 e. The van der Waals surface area contributed by atoms with Crippen molar-refractivity contribution in [2.24, 2.45) is 0 Å². The van der Waals surface area contributed by atoms with E-state index in [1.165, 1.54) is 0 Å². The van der Waals surface area contributed by atoms with Gasteiger partial charge in [-0.3, -0.25) is 0 Å². The van der Waals surface area contributed by atoms with Gasteiger partial charge in [0.05, 0.1) is 10.6 Å². The highest BCUT2D eigenvalue weighted by atomic mass is 79.9. The van der Waals surface area contributed by atoms with Crippen LogP contribution in [0.15, 0.2) is 16.6 Å². The quantitative estimate of drug-likeness (QED) is 0.830. The number of rotatable bonds is 1. The zero-order chi connectivity index (χ0) is 9.30. The lowest BCUT2D eigenvalue weighted by Crippen LogP contribution is -1.99. The Hall–Kier alpha value is -0.540. The van der Waals surface area contributed by atoms with E-state index in [9.17, 15) is 4.79 Å². The third-order valence-corrected chi connectivity index (χ3v) is 2.65. The largest absolute Gasteiger partial charge is 0.478 e. The Morgan fingerprint density at radius 1 is 1.58 bits per heavy atom. The lowest BCUT2D eigenvalue weighted by Gasteiger charge is -2.03. The Bertz CT molecular complexity index is 336. The zero-order valence-electron chi connectivity index (χ0n) is 6.27. The van der Waals surface area contributed by atoms with E-state index in [0.717, 1.165) is 5.56 Å². The summed E-state index contributed by atoms with van der Waals surface area (Å²) in [6.45, 7) is 1.77. The summed E-state index contributed by atoms with van der Waals surface area (Å²) >= 11 is 8.90. The average Bonchev–Trinajstić information content (AvgIpc) is 1.97. The van der Waals surface area contributed by atoms with Crippen molar-refractivity contribution in [3.05, 3.63) is 32.8 Å². The van der Waals surface area contributed by atoms with Gasteiger partial charge in [0.2, 0.25) is 0 Å². The molecule has 4 heteroatoms. The van der Waals surface area contributed by atoms with E-state index in [1.807, 2.05) is 0 Å². The predicted molar refractivity (Wildman–Crippen MR) is 50.8 cm³/mol. The van der Waals surface area contributed by atoms with Crippen LogP contribution in [0.1, 0.15) is 15.9 Å². The van der Waals surface area contributed by atoms with Crippen molar-refractivity contribution < 1.29 is 9.90 Å². The van der Waals surface area contributed by atoms with Gasteiger partial charge in [-0.25, -0.2) is 4.79 Å². The van der Waals surface area contributed by atoms with Crippen molar-refractivity contribution in [2.75, 3.05) is 0 Å². The third-order valence-electron chi connectivity index (χ3n) is 1.50. The third kappa shape index (κ3) is 1.62. The van der Waals surface area contributed by atoms with Crippen molar-refractivity contribution in [3.8, 4) is 0 Å². The fourth-order valence-corrected chi connectivity index (χ4v) is 1.71. The number of aromatic carboxylic acids is 1. The highest BCUT2D eigenvalue weighted by Gasteiger charge is 2.14. The van der Waals surface area contributed by atoms with Crippen LogP contribution in [0.4, 0.5) is 0 Å². The van der Waals surface area contributed by atoms with Crippen LogP contribution in [0.5, 0.6) is 0 Å². The second-order valence-electron chi connectivity index (χ2n) is 2.36. The maximum atomic E-state index is 10.7. The number of carboxylic acids is 1. The molecule has 1 rings (SSSR count). The van der Waals surface area contributed by atoms with Gasteiger partial charge in [-0.05, 0) is 34.5 Å². The van der Waals surface area contributed by atoms with Gasteiger partial charge in [-0.1, -0.05) is 17.7 Å². The number of halogens is 2. The van der Waals surface area contributed by atoms with E-state index in [4.69, 9.17) is 16.7 Å². The molecule has 0 aliphatic heterocycles. The first kappa shape index (κ1) is 9.55. The second kappa shape index (κ2) is 3.46. The monoisotopic (exact) mass is 248 g/mol. The van der Waals surface area contributed by atoms with Crippen LogP contribution in [0, 0.1) is 6.92 Å². The number of hydrogen-bond acceptors (Lipinski definition) is 1. The summed E-state index contributed by atoms with van der Waals surface area (Å²) in [7, 11) is 0. The van der Waals surface area contributed by atoms with Crippen LogP contribution >= 0.6 is 27.5 Å². The Labute approximate surface area is 83.3 Å². The van der Waals surface area contributed by atoms with Crippen LogP contribution in [-0.4, -0.2) is 11.1 Å². The molecule has 0 fully saturated rings. The van der Waals surface area contributed by atoms with E-state index in [2.05, 4.69) is 15.9 Å². The summed E-state index contributed by atoms with van der Waals surface area (Å²) in [4.78, 5) is 10.7. The SMILES string of the molecule is Cc1ccc(Br)c(C(=O)O)c1Cl. The Morgan fingerprint density at radius 3 is 2.58 bits per heavy atom. The summed E-state index contributed by atoms with van der Waals surface area (Å²) in [5.74, 6) is -1.02. The van der Waals surface area contributed by atoms with Crippen molar-refractivity contribution in [2.45, 2.75) is 6.92 Å². The average molecular weight is 249 g/mol. The highest BCUT2D eigenvalue weighted by molar-refractivity contribution is 9.10. The molecule has 0 spiro atoms. The summed E-state index contributed by atoms with van der Waals surface area (Å²) in [5, 5.41) is 9.05. The molecule has 2 nitrogen and oxygen atoms in total. The van der Waals surface area contributed by atoms with E-state index in [-0.39, 0.29) is 10.6 Å². The zero-order valence-corrected chi connectivity index (χ0v) is 8.61. The lowest BCUT2D eigenvalue weighted by molar-refractivity contribution is 0.0696. The molecule has 0 radical (unpaired) electrons. The second-order valence-corrected chi connectivity index (χ2v) is 3.59. The summed E-state index contributed by atoms with van der Waals surface area (Å²) < 4.78 is 0.505. The van der Waals surface area contributed by atoms with Gasteiger partial charge in [0.25, 0.3) is 0 Å². The fraction of sp³-hybridized carbons (Fsp3) is 0.125. The van der Waals surface area contributed by atoms with Crippen molar-refractivity contribution in [3.63, 3.8) is 0 Å². The van der Waals surface area contributed by atoms with Crippen LogP contribution in [0.3, 0.4) is 0 Å². The van der Waals surface area contributed by atoms with Gasteiger partial charge in [0.1, 0.15) is 0 Å². The van der Waals surface area contributed by atoms with Crippen LogP contribution in [0.25, 0.3) is 0 Å². The van der Waals surface area contributed by atoms with Gasteiger partial charge in [-0.15, -0.1) is 0 Å². The predicted octanol–water partition coefficient (Wildman–Crippen LogP) is 3.11. The molecule has 0 aliphatic rings. The van der Waals surface area contributed by atoms with Crippen molar-refractivity contribution >= 4 is 33.5 Å². The summed E-state index contributed by atoms with van der Waals surface area (Å²) in [6.07, 6.45) is 0. The van der Waals surface area contributed by atoms with Gasteiger partial charge >= 0.3 is 5.97 Å². The molecule has 0 heterocycles. The van der Waals surface area contributed by atoms with Crippen LogP contribution in [0.2, 0.25) is 5.02 Å². The standard InChI is InChI=1S/C8H6BrClO2/c1-4-2-3-5(9)6(7(4)10)8(11)12/h2-3H,1H3,(H,11,12). The first-order valence-electron chi connectivity index (χ1n) is 3.22. The Balaban J connectivity index is 3.43. The minimum absolute atomic E-state index is 0.122.